The predicted octanol–water partition coefficient (Wildman–Crippen LogP) is 1.30. The van der Waals surface area contributed by atoms with Gasteiger partial charge in [-0.1, -0.05) is 24.3 Å². The van der Waals surface area contributed by atoms with Crippen LogP contribution in [0, 0.1) is 0 Å². The van der Waals surface area contributed by atoms with Crippen LogP contribution in [0.2, 0.25) is 0 Å². The Morgan fingerprint density at radius 3 is 2.13 bits per heavy atom. The van der Waals surface area contributed by atoms with Gasteiger partial charge in [0.15, 0.2) is 0 Å². The molecule has 15 heavy (non-hydrogen) atoms. The van der Waals surface area contributed by atoms with Crippen molar-refractivity contribution in [2.75, 3.05) is 0 Å². The molecule has 1 aromatic carbocycles. The highest BCUT2D eigenvalue weighted by molar-refractivity contribution is 5.84. The van der Waals surface area contributed by atoms with Crippen LogP contribution in [-0.2, 0) is 17.9 Å². The van der Waals surface area contributed by atoms with Crippen molar-refractivity contribution >= 4 is 5.91 Å². The number of aliphatic hydroxyl groups is 1. The van der Waals surface area contributed by atoms with E-state index in [1.165, 1.54) is 25.0 Å². The molecule has 3 heteroatoms. The lowest BCUT2D eigenvalue weighted by molar-refractivity contribution is -0.148. The Morgan fingerprint density at radius 2 is 1.73 bits per heavy atom. The molecule has 0 atom stereocenters. The third-order valence-corrected chi connectivity index (χ3v) is 2.65. The molecule has 0 saturated heterocycles. The van der Waals surface area contributed by atoms with Crippen molar-refractivity contribution in [3.05, 3.63) is 35.4 Å². The molecule has 1 aromatic rings. The second-order valence-electron chi connectivity index (χ2n) is 4.49. The minimum Gasteiger partial charge on any atom is -0.381 e. The van der Waals surface area contributed by atoms with Gasteiger partial charge < -0.3 is 10.0 Å². The number of hydrogen-bond acceptors (Lipinski definition) is 2. The second kappa shape index (κ2) is 3.35. The van der Waals surface area contributed by atoms with Crippen molar-refractivity contribution in [3.8, 4) is 0 Å². The third kappa shape index (κ3) is 1.88. The number of carbonyl (C=O) groups is 1. The van der Waals surface area contributed by atoms with Crippen LogP contribution in [0.4, 0.5) is 0 Å². The van der Waals surface area contributed by atoms with E-state index >= 15 is 0 Å². The fraction of sp³-hybridized carbons (Fsp3) is 0.417. The average molecular weight is 205 g/mol. The van der Waals surface area contributed by atoms with Gasteiger partial charge in [0, 0.05) is 13.1 Å². The highest BCUT2D eigenvalue weighted by Crippen LogP contribution is 2.24. The Kier molecular flexibility index (Phi) is 2.27. The Bertz CT molecular complexity index is 368. The van der Waals surface area contributed by atoms with Gasteiger partial charge in [-0.15, -0.1) is 0 Å². The fourth-order valence-electron chi connectivity index (χ4n) is 1.86. The summed E-state index contributed by atoms with van der Waals surface area (Å²) in [6.45, 7) is 4.27. The van der Waals surface area contributed by atoms with E-state index < -0.39 is 5.60 Å². The maximum absolute atomic E-state index is 11.8. The van der Waals surface area contributed by atoms with Crippen LogP contribution in [0.1, 0.15) is 25.0 Å². The summed E-state index contributed by atoms with van der Waals surface area (Å²) in [7, 11) is 0. The first-order valence-corrected chi connectivity index (χ1v) is 5.07. The molecule has 0 bridgehead atoms. The van der Waals surface area contributed by atoms with Gasteiger partial charge in [-0.25, -0.2) is 0 Å². The molecule has 0 saturated carbocycles. The van der Waals surface area contributed by atoms with Gasteiger partial charge in [-0.05, 0) is 25.0 Å². The molecule has 0 radical (unpaired) electrons. The van der Waals surface area contributed by atoms with E-state index in [1.807, 2.05) is 24.3 Å². The highest BCUT2D eigenvalue weighted by Gasteiger charge is 2.32. The van der Waals surface area contributed by atoms with Gasteiger partial charge in [0.2, 0.25) is 0 Å². The molecule has 0 fully saturated rings. The van der Waals surface area contributed by atoms with Crippen LogP contribution < -0.4 is 0 Å². The number of rotatable bonds is 1. The fourth-order valence-corrected chi connectivity index (χ4v) is 1.86. The maximum Gasteiger partial charge on any atom is 0.254 e. The van der Waals surface area contributed by atoms with Gasteiger partial charge in [0.25, 0.3) is 5.91 Å². The van der Waals surface area contributed by atoms with E-state index in [-0.39, 0.29) is 5.91 Å². The van der Waals surface area contributed by atoms with Gasteiger partial charge >= 0.3 is 0 Å². The minimum atomic E-state index is -1.28. The lowest BCUT2D eigenvalue weighted by Gasteiger charge is -2.24. The lowest BCUT2D eigenvalue weighted by atomic mass is 10.1. The summed E-state index contributed by atoms with van der Waals surface area (Å²) in [6.07, 6.45) is 0. The zero-order valence-electron chi connectivity index (χ0n) is 9.03. The Morgan fingerprint density at radius 1 is 1.27 bits per heavy atom. The van der Waals surface area contributed by atoms with Crippen molar-refractivity contribution in [3.63, 3.8) is 0 Å². The number of nitrogens with zero attached hydrogens (tertiary/aromatic N) is 1. The number of hydrogen-bond donors (Lipinski definition) is 1. The van der Waals surface area contributed by atoms with Crippen molar-refractivity contribution in [2.45, 2.75) is 32.5 Å². The number of carbonyl (C=O) groups excluding carboxylic acids is 1. The molecule has 2 rings (SSSR count). The largest absolute Gasteiger partial charge is 0.381 e. The monoisotopic (exact) mass is 205 g/mol. The Hall–Kier alpha value is -1.35. The standard InChI is InChI=1S/C12H15NO2/c1-12(2,15)11(14)13-7-9-5-3-4-6-10(9)8-13/h3-6,15H,7-8H2,1-2H3. The second-order valence-corrected chi connectivity index (χ2v) is 4.49. The molecule has 0 aliphatic carbocycles. The molecular weight excluding hydrogens is 190 g/mol. The van der Waals surface area contributed by atoms with Crippen molar-refractivity contribution in [1.82, 2.24) is 4.90 Å². The first-order chi connectivity index (χ1) is 6.98. The quantitative estimate of drug-likeness (QED) is 0.750. The topological polar surface area (TPSA) is 40.5 Å². The molecule has 3 nitrogen and oxygen atoms in total. The number of benzene rings is 1. The van der Waals surface area contributed by atoms with Crippen LogP contribution in [0.3, 0.4) is 0 Å². The predicted molar refractivity (Wildman–Crippen MR) is 57.0 cm³/mol. The van der Waals surface area contributed by atoms with Crippen LogP contribution in [0.25, 0.3) is 0 Å². The normalized spacial score (nSPS) is 15.3. The van der Waals surface area contributed by atoms with Crippen LogP contribution >= 0.6 is 0 Å². The summed E-state index contributed by atoms with van der Waals surface area (Å²) >= 11 is 0. The summed E-state index contributed by atoms with van der Waals surface area (Å²) in [5.41, 5.74) is 1.08. The van der Waals surface area contributed by atoms with Crippen molar-refractivity contribution in [2.24, 2.45) is 0 Å². The molecule has 1 amide bonds. The van der Waals surface area contributed by atoms with E-state index in [1.54, 1.807) is 4.90 Å². The van der Waals surface area contributed by atoms with E-state index in [0.717, 1.165) is 0 Å². The summed E-state index contributed by atoms with van der Waals surface area (Å²) < 4.78 is 0. The smallest absolute Gasteiger partial charge is 0.254 e. The average Bonchev–Trinajstić information content (AvgIpc) is 2.58. The van der Waals surface area contributed by atoms with Gasteiger partial charge in [-0.2, -0.15) is 0 Å². The Labute approximate surface area is 89.3 Å². The first-order valence-electron chi connectivity index (χ1n) is 5.07. The zero-order valence-corrected chi connectivity index (χ0v) is 9.03. The molecule has 0 unspecified atom stereocenters. The van der Waals surface area contributed by atoms with Crippen LogP contribution in [0.15, 0.2) is 24.3 Å². The Balaban J connectivity index is 2.17. The molecule has 1 N–H and O–H groups in total. The van der Waals surface area contributed by atoms with Crippen molar-refractivity contribution in [1.29, 1.82) is 0 Å². The minimum absolute atomic E-state index is 0.210. The summed E-state index contributed by atoms with van der Waals surface area (Å²) in [4.78, 5) is 13.5. The van der Waals surface area contributed by atoms with Gasteiger partial charge in [-0.3, -0.25) is 4.79 Å². The van der Waals surface area contributed by atoms with E-state index in [4.69, 9.17) is 0 Å². The molecule has 80 valence electrons. The van der Waals surface area contributed by atoms with Crippen LogP contribution in [0.5, 0.6) is 0 Å². The van der Waals surface area contributed by atoms with E-state index in [2.05, 4.69) is 0 Å². The first kappa shape index (κ1) is 10.2. The third-order valence-electron chi connectivity index (χ3n) is 2.65. The molecular formula is C12H15NO2. The van der Waals surface area contributed by atoms with Crippen LogP contribution in [-0.4, -0.2) is 21.5 Å². The number of amides is 1. The maximum atomic E-state index is 11.8. The summed E-state index contributed by atoms with van der Waals surface area (Å²) in [5.74, 6) is -0.210. The molecule has 1 heterocycles. The molecule has 1 aliphatic rings. The molecule has 0 aromatic heterocycles. The van der Waals surface area contributed by atoms with Gasteiger partial charge in [0.1, 0.15) is 5.60 Å². The molecule has 0 spiro atoms. The summed E-state index contributed by atoms with van der Waals surface area (Å²) in [5, 5.41) is 9.63. The van der Waals surface area contributed by atoms with Crippen molar-refractivity contribution < 1.29 is 9.90 Å². The SMILES string of the molecule is CC(C)(O)C(=O)N1Cc2ccccc2C1. The van der Waals surface area contributed by atoms with Gasteiger partial charge in [0.05, 0.1) is 0 Å². The number of fused-ring (bicyclic) bond motifs is 1. The van der Waals surface area contributed by atoms with E-state index in [0.29, 0.717) is 13.1 Å². The van der Waals surface area contributed by atoms with E-state index in [9.17, 15) is 9.90 Å². The molecule has 1 aliphatic heterocycles. The zero-order chi connectivity index (χ0) is 11.1. The summed E-state index contributed by atoms with van der Waals surface area (Å²) in [6, 6.07) is 7.98. The lowest BCUT2D eigenvalue weighted by Crippen LogP contribution is -2.42. The highest BCUT2D eigenvalue weighted by atomic mass is 16.3.